The van der Waals surface area contributed by atoms with E-state index < -0.39 is 0 Å². The summed E-state index contributed by atoms with van der Waals surface area (Å²) in [6.07, 6.45) is 5.73. The highest BCUT2D eigenvalue weighted by atomic mass is 32.2. The normalized spacial score (nSPS) is 18.5. The number of aryl methyl sites for hydroxylation is 1. The van der Waals surface area contributed by atoms with Gasteiger partial charge in [0.15, 0.2) is 0 Å². The molecule has 2 heterocycles. The van der Waals surface area contributed by atoms with Gasteiger partial charge in [-0.25, -0.2) is 4.98 Å². The Morgan fingerprint density at radius 3 is 2.77 bits per heavy atom. The molecule has 1 unspecified atom stereocenters. The van der Waals surface area contributed by atoms with E-state index in [9.17, 15) is 4.79 Å². The molecule has 0 saturated carbocycles. The number of hydrogen-bond acceptors (Lipinski definition) is 4. The lowest BCUT2D eigenvalue weighted by Crippen LogP contribution is -2.49. The Labute approximate surface area is 134 Å². The number of aromatic nitrogens is 2. The molecule has 1 aliphatic rings. The molecule has 1 N–H and O–H groups in total. The van der Waals surface area contributed by atoms with E-state index in [1.165, 1.54) is 0 Å². The Kier molecular flexibility index (Phi) is 4.49. The van der Waals surface area contributed by atoms with Crippen LogP contribution in [0.2, 0.25) is 0 Å². The third-order valence-electron chi connectivity index (χ3n) is 4.00. The van der Waals surface area contributed by atoms with Crippen LogP contribution in [0.15, 0.2) is 41.6 Å². The van der Waals surface area contributed by atoms with Gasteiger partial charge in [-0.05, 0) is 30.5 Å². The predicted molar refractivity (Wildman–Crippen MR) is 88.1 cm³/mol. The Morgan fingerprint density at radius 1 is 1.36 bits per heavy atom. The van der Waals surface area contributed by atoms with Crippen molar-refractivity contribution in [2.75, 3.05) is 25.9 Å². The highest BCUT2D eigenvalue weighted by Gasteiger charge is 2.30. The van der Waals surface area contributed by atoms with Gasteiger partial charge in [0.25, 0.3) is 5.91 Å². The van der Waals surface area contributed by atoms with Crippen LogP contribution in [-0.4, -0.2) is 46.2 Å². The quantitative estimate of drug-likeness (QED) is 0.879. The van der Waals surface area contributed by atoms with Crippen molar-refractivity contribution in [3.8, 4) is 0 Å². The second kappa shape index (κ2) is 6.54. The molecule has 6 heteroatoms. The lowest BCUT2D eigenvalue weighted by atomic mass is 10.1. The first-order valence-corrected chi connectivity index (χ1v) is 8.56. The van der Waals surface area contributed by atoms with Crippen molar-refractivity contribution >= 4 is 17.7 Å². The van der Waals surface area contributed by atoms with Crippen LogP contribution in [0.5, 0.6) is 0 Å². The molecule has 1 fully saturated rings. The predicted octanol–water partition coefficient (Wildman–Crippen LogP) is 1.93. The minimum Gasteiger partial charge on any atom is -0.336 e. The minimum atomic E-state index is -0.0264. The molecule has 0 radical (unpaired) electrons. The summed E-state index contributed by atoms with van der Waals surface area (Å²) >= 11 is 1.68. The summed E-state index contributed by atoms with van der Waals surface area (Å²) in [6, 6.07) is 7.78. The first-order valence-electron chi connectivity index (χ1n) is 7.33. The first kappa shape index (κ1) is 15.1. The van der Waals surface area contributed by atoms with E-state index in [2.05, 4.69) is 10.3 Å². The summed E-state index contributed by atoms with van der Waals surface area (Å²) in [4.78, 5) is 20.4. The Hall–Kier alpha value is -1.79. The molecule has 5 nitrogen and oxygen atoms in total. The van der Waals surface area contributed by atoms with Gasteiger partial charge in [0, 0.05) is 49.5 Å². The minimum absolute atomic E-state index is 0.0264. The number of carbonyl (C=O) groups excluding carboxylic acids is 1. The van der Waals surface area contributed by atoms with Crippen LogP contribution in [0.25, 0.3) is 0 Å². The molecule has 1 amide bonds. The average Bonchev–Trinajstić information content (AvgIpc) is 3.00. The molecule has 1 saturated heterocycles. The van der Waals surface area contributed by atoms with E-state index >= 15 is 0 Å². The Morgan fingerprint density at radius 2 is 2.14 bits per heavy atom. The zero-order chi connectivity index (χ0) is 15.5. The fourth-order valence-corrected chi connectivity index (χ4v) is 3.18. The maximum absolute atomic E-state index is 12.9. The molecule has 0 aliphatic carbocycles. The lowest BCUT2D eigenvalue weighted by Gasteiger charge is -2.35. The summed E-state index contributed by atoms with van der Waals surface area (Å²) in [7, 11) is 1.97. The first-order chi connectivity index (χ1) is 10.7. The van der Waals surface area contributed by atoms with E-state index in [0.29, 0.717) is 6.54 Å². The zero-order valence-electron chi connectivity index (χ0n) is 12.8. The van der Waals surface area contributed by atoms with Crippen LogP contribution in [0.4, 0.5) is 0 Å². The Bertz CT molecular complexity index is 652. The molecule has 1 aliphatic heterocycles. The van der Waals surface area contributed by atoms with E-state index in [0.717, 1.165) is 29.4 Å². The van der Waals surface area contributed by atoms with Gasteiger partial charge >= 0.3 is 0 Å². The average molecular weight is 316 g/mol. The van der Waals surface area contributed by atoms with Gasteiger partial charge in [-0.2, -0.15) is 0 Å². The SMILES string of the molecule is CSc1ccc(C(=O)N2CCNCC2c2nccn2C)cc1. The maximum Gasteiger partial charge on any atom is 0.254 e. The number of thioether (sulfide) groups is 1. The second-order valence-electron chi connectivity index (χ2n) is 5.34. The van der Waals surface area contributed by atoms with Crippen LogP contribution in [0, 0.1) is 0 Å². The number of imidazole rings is 1. The van der Waals surface area contributed by atoms with Crippen molar-refractivity contribution in [1.29, 1.82) is 0 Å². The van der Waals surface area contributed by atoms with Crippen LogP contribution in [-0.2, 0) is 7.05 Å². The van der Waals surface area contributed by atoms with Crippen LogP contribution in [0.3, 0.4) is 0 Å². The van der Waals surface area contributed by atoms with Gasteiger partial charge in [-0.3, -0.25) is 4.79 Å². The molecule has 1 atom stereocenters. The Balaban J connectivity index is 1.86. The summed E-state index contributed by atoms with van der Waals surface area (Å²) in [5.74, 6) is 0.989. The summed E-state index contributed by atoms with van der Waals surface area (Å²) in [5.41, 5.74) is 0.735. The number of nitrogens with zero attached hydrogens (tertiary/aromatic N) is 3. The number of nitrogens with one attached hydrogen (secondary N) is 1. The number of amides is 1. The number of hydrogen-bond donors (Lipinski definition) is 1. The van der Waals surface area contributed by atoms with Crippen molar-refractivity contribution in [2.45, 2.75) is 10.9 Å². The van der Waals surface area contributed by atoms with E-state index in [4.69, 9.17) is 0 Å². The van der Waals surface area contributed by atoms with Gasteiger partial charge in [0.1, 0.15) is 11.9 Å². The van der Waals surface area contributed by atoms with Crippen LogP contribution < -0.4 is 5.32 Å². The molecule has 1 aromatic carbocycles. The molecular formula is C16H20N4OS. The maximum atomic E-state index is 12.9. The molecule has 3 rings (SSSR count). The van der Waals surface area contributed by atoms with E-state index in [1.807, 2.05) is 53.2 Å². The molecule has 2 aromatic rings. The van der Waals surface area contributed by atoms with Gasteiger partial charge in [-0.15, -0.1) is 11.8 Å². The highest BCUT2D eigenvalue weighted by Crippen LogP contribution is 2.23. The van der Waals surface area contributed by atoms with Crippen molar-refractivity contribution in [3.63, 3.8) is 0 Å². The fraction of sp³-hybridized carbons (Fsp3) is 0.375. The van der Waals surface area contributed by atoms with E-state index in [1.54, 1.807) is 18.0 Å². The second-order valence-corrected chi connectivity index (χ2v) is 6.22. The zero-order valence-corrected chi connectivity index (χ0v) is 13.6. The van der Waals surface area contributed by atoms with Gasteiger partial charge < -0.3 is 14.8 Å². The third kappa shape index (κ3) is 2.89. The topological polar surface area (TPSA) is 50.2 Å². The van der Waals surface area contributed by atoms with Crippen molar-refractivity contribution in [1.82, 2.24) is 19.8 Å². The smallest absolute Gasteiger partial charge is 0.254 e. The summed E-state index contributed by atoms with van der Waals surface area (Å²) < 4.78 is 1.98. The van der Waals surface area contributed by atoms with Crippen molar-refractivity contribution in [3.05, 3.63) is 48.0 Å². The number of benzene rings is 1. The van der Waals surface area contributed by atoms with Gasteiger partial charge in [0.2, 0.25) is 0 Å². The standard InChI is InChI=1S/C16H20N4OS/c1-19-9-8-18-15(19)14-11-17-7-10-20(14)16(21)12-3-5-13(22-2)6-4-12/h3-6,8-9,14,17H,7,10-11H2,1-2H3. The highest BCUT2D eigenvalue weighted by molar-refractivity contribution is 7.98. The monoisotopic (exact) mass is 316 g/mol. The molecular weight excluding hydrogens is 296 g/mol. The molecule has 116 valence electrons. The van der Waals surface area contributed by atoms with Crippen molar-refractivity contribution < 1.29 is 4.79 Å². The molecule has 22 heavy (non-hydrogen) atoms. The van der Waals surface area contributed by atoms with Crippen molar-refractivity contribution in [2.24, 2.45) is 7.05 Å². The number of carbonyl (C=O) groups is 1. The van der Waals surface area contributed by atoms with Crippen LogP contribution in [0.1, 0.15) is 22.2 Å². The molecule has 1 aromatic heterocycles. The molecule has 0 bridgehead atoms. The number of piperazine rings is 1. The van der Waals surface area contributed by atoms with E-state index in [-0.39, 0.29) is 11.9 Å². The van der Waals surface area contributed by atoms with Gasteiger partial charge in [0.05, 0.1) is 0 Å². The van der Waals surface area contributed by atoms with Crippen LogP contribution >= 0.6 is 11.8 Å². The third-order valence-corrected chi connectivity index (χ3v) is 4.74. The fourth-order valence-electron chi connectivity index (χ4n) is 2.78. The van der Waals surface area contributed by atoms with Gasteiger partial charge in [-0.1, -0.05) is 0 Å². The number of rotatable bonds is 3. The summed E-state index contributed by atoms with van der Waals surface area (Å²) in [5, 5.41) is 3.35. The summed E-state index contributed by atoms with van der Waals surface area (Å²) in [6.45, 7) is 2.25. The lowest BCUT2D eigenvalue weighted by molar-refractivity contribution is 0.0621. The molecule has 0 spiro atoms. The largest absolute Gasteiger partial charge is 0.336 e.